The summed E-state index contributed by atoms with van der Waals surface area (Å²) >= 11 is 0. The maximum atomic E-state index is 12.2. The summed E-state index contributed by atoms with van der Waals surface area (Å²) in [5.74, 6) is 1.46. The number of benzene rings is 2. The van der Waals surface area contributed by atoms with Gasteiger partial charge in [0.1, 0.15) is 18.1 Å². The van der Waals surface area contributed by atoms with Crippen molar-refractivity contribution in [1.82, 2.24) is 10.3 Å². The molecule has 0 radical (unpaired) electrons. The lowest BCUT2D eigenvalue weighted by Gasteiger charge is -2.09. The summed E-state index contributed by atoms with van der Waals surface area (Å²) in [7, 11) is 1.62. The molecule has 0 atom stereocenters. The Kier molecular flexibility index (Phi) is 5.23. The maximum absolute atomic E-state index is 12.2. The van der Waals surface area contributed by atoms with E-state index in [1.165, 1.54) is 0 Å². The van der Waals surface area contributed by atoms with Gasteiger partial charge in [-0.05, 0) is 30.7 Å². The van der Waals surface area contributed by atoms with E-state index in [2.05, 4.69) is 10.3 Å². The number of para-hydroxylation sites is 1. The zero-order chi connectivity index (χ0) is 17.6. The Bertz CT molecular complexity index is 870. The zero-order valence-electron chi connectivity index (χ0n) is 14.5. The SMILES string of the molecule is COc1cccc(OCCNC(=O)Cc2c(C)[nH]c3ccccc23)c1. The van der Waals surface area contributed by atoms with Crippen molar-refractivity contribution in [2.24, 2.45) is 0 Å². The highest BCUT2D eigenvalue weighted by Gasteiger charge is 2.11. The van der Waals surface area contributed by atoms with Gasteiger partial charge in [0.15, 0.2) is 0 Å². The normalized spacial score (nSPS) is 10.6. The molecule has 0 aliphatic heterocycles. The minimum Gasteiger partial charge on any atom is -0.497 e. The quantitative estimate of drug-likeness (QED) is 0.650. The molecular weight excluding hydrogens is 316 g/mol. The molecule has 0 saturated carbocycles. The van der Waals surface area contributed by atoms with Crippen LogP contribution in [0.25, 0.3) is 10.9 Å². The highest BCUT2D eigenvalue weighted by molar-refractivity contribution is 5.90. The van der Waals surface area contributed by atoms with Crippen LogP contribution in [0, 0.1) is 6.92 Å². The van der Waals surface area contributed by atoms with Gasteiger partial charge >= 0.3 is 0 Å². The minimum absolute atomic E-state index is 0.0119. The van der Waals surface area contributed by atoms with Crippen molar-refractivity contribution >= 4 is 16.8 Å². The second-order valence-electron chi connectivity index (χ2n) is 5.83. The number of hydrogen-bond donors (Lipinski definition) is 2. The molecule has 1 heterocycles. The molecule has 2 N–H and O–H groups in total. The molecule has 25 heavy (non-hydrogen) atoms. The van der Waals surface area contributed by atoms with Crippen LogP contribution in [-0.4, -0.2) is 31.2 Å². The fourth-order valence-electron chi connectivity index (χ4n) is 2.84. The van der Waals surface area contributed by atoms with Crippen molar-refractivity contribution < 1.29 is 14.3 Å². The molecule has 3 rings (SSSR count). The average Bonchev–Trinajstić information content (AvgIpc) is 2.94. The molecule has 2 aromatic carbocycles. The number of hydrogen-bond acceptors (Lipinski definition) is 3. The summed E-state index contributed by atoms with van der Waals surface area (Å²) in [6.45, 7) is 2.86. The van der Waals surface area contributed by atoms with Crippen molar-refractivity contribution in [2.45, 2.75) is 13.3 Å². The number of fused-ring (bicyclic) bond motifs is 1. The molecule has 5 heteroatoms. The first-order chi connectivity index (χ1) is 12.2. The Balaban J connectivity index is 1.50. The molecule has 5 nitrogen and oxygen atoms in total. The predicted octanol–water partition coefficient (Wildman–Crippen LogP) is 3.22. The number of carbonyl (C=O) groups is 1. The molecule has 130 valence electrons. The standard InChI is InChI=1S/C20H22N2O3/c1-14-18(17-8-3-4-9-19(17)22-14)13-20(23)21-10-11-25-16-7-5-6-15(12-16)24-2/h3-9,12,22H,10-11,13H2,1-2H3,(H,21,23). The second-order valence-corrected chi connectivity index (χ2v) is 5.83. The van der Waals surface area contributed by atoms with Crippen LogP contribution in [0.1, 0.15) is 11.3 Å². The summed E-state index contributed by atoms with van der Waals surface area (Å²) in [6, 6.07) is 15.4. The lowest BCUT2D eigenvalue weighted by Crippen LogP contribution is -2.29. The van der Waals surface area contributed by atoms with Crippen LogP contribution in [0.4, 0.5) is 0 Å². The van der Waals surface area contributed by atoms with Crippen molar-refractivity contribution in [3.05, 3.63) is 59.8 Å². The second kappa shape index (κ2) is 7.75. The van der Waals surface area contributed by atoms with Crippen LogP contribution in [0.5, 0.6) is 11.5 Å². The third-order valence-corrected chi connectivity index (χ3v) is 4.10. The zero-order valence-corrected chi connectivity index (χ0v) is 14.5. The molecule has 0 unspecified atom stereocenters. The fourth-order valence-corrected chi connectivity index (χ4v) is 2.84. The van der Waals surface area contributed by atoms with Crippen LogP contribution < -0.4 is 14.8 Å². The molecule has 0 saturated heterocycles. The Morgan fingerprint density at radius 3 is 2.76 bits per heavy atom. The van der Waals surface area contributed by atoms with E-state index in [4.69, 9.17) is 9.47 Å². The molecule has 0 aliphatic carbocycles. The van der Waals surface area contributed by atoms with Crippen molar-refractivity contribution in [3.8, 4) is 11.5 Å². The summed E-state index contributed by atoms with van der Waals surface area (Å²) in [4.78, 5) is 15.5. The van der Waals surface area contributed by atoms with Crippen LogP contribution in [0.15, 0.2) is 48.5 Å². The Morgan fingerprint density at radius 1 is 1.12 bits per heavy atom. The van der Waals surface area contributed by atoms with Crippen molar-refractivity contribution in [3.63, 3.8) is 0 Å². The third-order valence-electron chi connectivity index (χ3n) is 4.10. The van der Waals surface area contributed by atoms with Gasteiger partial charge in [-0.3, -0.25) is 4.79 Å². The number of aromatic amines is 1. The number of amides is 1. The van der Waals surface area contributed by atoms with E-state index >= 15 is 0 Å². The van der Waals surface area contributed by atoms with Crippen LogP contribution in [0.3, 0.4) is 0 Å². The van der Waals surface area contributed by atoms with Gasteiger partial charge in [0.25, 0.3) is 0 Å². The maximum Gasteiger partial charge on any atom is 0.224 e. The van der Waals surface area contributed by atoms with E-state index in [-0.39, 0.29) is 5.91 Å². The van der Waals surface area contributed by atoms with Gasteiger partial charge in [0.2, 0.25) is 5.91 Å². The molecule has 0 aliphatic rings. The summed E-state index contributed by atoms with van der Waals surface area (Å²) < 4.78 is 10.8. The highest BCUT2D eigenvalue weighted by atomic mass is 16.5. The molecular formula is C20H22N2O3. The molecule has 1 amide bonds. The topological polar surface area (TPSA) is 63.4 Å². The number of carbonyl (C=O) groups excluding carboxylic acids is 1. The smallest absolute Gasteiger partial charge is 0.224 e. The van der Waals surface area contributed by atoms with Gasteiger partial charge in [-0.15, -0.1) is 0 Å². The van der Waals surface area contributed by atoms with E-state index in [0.717, 1.165) is 33.7 Å². The molecule has 3 aromatic rings. The van der Waals surface area contributed by atoms with Gasteiger partial charge in [-0.25, -0.2) is 0 Å². The van der Waals surface area contributed by atoms with E-state index in [9.17, 15) is 4.79 Å². The van der Waals surface area contributed by atoms with Gasteiger partial charge in [0.05, 0.1) is 20.1 Å². The van der Waals surface area contributed by atoms with Gasteiger partial charge in [0, 0.05) is 22.7 Å². The number of ether oxygens (including phenoxy) is 2. The van der Waals surface area contributed by atoms with E-state index in [1.54, 1.807) is 7.11 Å². The number of aryl methyl sites for hydroxylation is 1. The molecule has 0 fully saturated rings. The number of methoxy groups -OCH3 is 1. The monoisotopic (exact) mass is 338 g/mol. The largest absolute Gasteiger partial charge is 0.497 e. The number of H-pyrrole nitrogens is 1. The first kappa shape index (κ1) is 16.9. The van der Waals surface area contributed by atoms with E-state index in [1.807, 2.05) is 55.5 Å². The first-order valence-corrected chi connectivity index (χ1v) is 8.27. The Labute approximate surface area is 147 Å². The third kappa shape index (κ3) is 4.12. The van der Waals surface area contributed by atoms with Crippen LogP contribution in [0.2, 0.25) is 0 Å². The molecule has 0 bridgehead atoms. The fraction of sp³-hybridized carbons (Fsp3) is 0.250. The van der Waals surface area contributed by atoms with Crippen molar-refractivity contribution in [2.75, 3.05) is 20.3 Å². The Morgan fingerprint density at radius 2 is 1.92 bits per heavy atom. The molecule has 0 spiro atoms. The number of nitrogens with one attached hydrogen (secondary N) is 2. The summed E-state index contributed by atoms with van der Waals surface area (Å²) in [5.41, 5.74) is 3.13. The Hall–Kier alpha value is -2.95. The average molecular weight is 338 g/mol. The summed E-state index contributed by atoms with van der Waals surface area (Å²) in [5, 5.41) is 4.00. The van der Waals surface area contributed by atoms with Crippen molar-refractivity contribution in [1.29, 1.82) is 0 Å². The van der Waals surface area contributed by atoms with Gasteiger partial charge in [-0.1, -0.05) is 24.3 Å². The summed E-state index contributed by atoms with van der Waals surface area (Å²) in [6.07, 6.45) is 0.356. The van der Waals surface area contributed by atoms with E-state index < -0.39 is 0 Å². The first-order valence-electron chi connectivity index (χ1n) is 8.27. The molecule has 1 aromatic heterocycles. The van der Waals surface area contributed by atoms with Crippen LogP contribution in [-0.2, 0) is 11.2 Å². The minimum atomic E-state index is -0.0119. The van der Waals surface area contributed by atoms with E-state index in [0.29, 0.717) is 19.6 Å². The number of aromatic nitrogens is 1. The van der Waals surface area contributed by atoms with Gasteiger partial charge in [-0.2, -0.15) is 0 Å². The lowest BCUT2D eigenvalue weighted by molar-refractivity contribution is -0.120. The van der Waals surface area contributed by atoms with Crippen LogP contribution >= 0.6 is 0 Å². The van der Waals surface area contributed by atoms with Gasteiger partial charge < -0.3 is 19.8 Å². The predicted molar refractivity (Wildman–Crippen MR) is 98.2 cm³/mol. The lowest BCUT2D eigenvalue weighted by atomic mass is 10.1. The highest BCUT2D eigenvalue weighted by Crippen LogP contribution is 2.22. The number of rotatable bonds is 7.